The zero-order valence-corrected chi connectivity index (χ0v) is 11.5. The molecule has 0 aromatic rings. The van der Waals surface area contributed by atoms with Crippen LogP contribution >= 0.6 is 0 Å². The summed E-state index contributed by atoms with van der Waals surface area (Å²) in [6, 6.07) is -0.861. The number of nitrogens with two attached hydrogens (primary N) is 1. The van der Waals surface area contributed by atoms with Crippen LogP contribution in [0.2, 0.25) is 0 Å². The highest BCUT2D eigenvalue weighted by molar-refractivity contribution is 5.84. The predicted octanol–water partition coefficient (Wildman–Crippen LogP) is 1.12. The Morgan fingerprint density at radius 1 is 1.39 bits per heavy atom. The second-order valence-electron chi connectivity index (χ2n) is 6.44. The normalized spacial score (nSPS) is 19.8. The van der Waals surface area contributed by atoms with Crippen LogP contribution in [0, 0.1) is 10.8 Å². The van der Waals surface area contributed by atoms with E-state index < -0.39 is 17.4 Å². The van der Waals surface area contributed by atoms with Crippen molar-refractivity contribution in [1.29, 1.82) is 0 Å². The fourth-order valence-corrected chi connectivity index (χ4v) is 2.33. The smallest absolute Gasteiger partial charge is 0.326 e. The number of carboxylic acids is 1. The Bertz CT molecular complexity index is 324. The van der Waals surface area contributed by atoms with Gasteiger partial charge in [0.25, 0.3) is 0 Å². The summed E-state index contributed by atoms with van der Waals surface area (Å²) in [6.45, 7) is 5.89. The highest BCUT2D eigenvalue weighted by atomic mass is 16.4. The van der Waals surface area contributed by atoms with Gasteiger partial charge in [0.15, 0.2) is 0 Å². The van der Waals surface area contributed by atoms with Crippen molar-refractivity contribution in [3.8, 4) is 0 Å². The van der Waals surface area contributed by atoms with Crippen LogP contribution in [0.3, 0.4) is 0 Å². The van der Waals surface area contributed by atoms with Gasteiger partial charge in [0.05, 0.1) is 0 Å². The van der Waals surface area contributed by atoms with Gasteiger partial charge in [0.1, 0.15) is 6.04 Å². The van der Waals surface area contributed by atoms with E-state index in [0.29, 0.717) is 13.0 Å². The average Bonchev–Trinajstić information content (AvgIpc) is 2.18. The molecule has 0 aromatic carbocycles. The van der Waals surface area contributed by atoms with Crippen molar-refractivity contribution >= 4 is 11.9 Å². The topological polar surface area (TPSA) is 92.4 Å². The summed E-state index contributed by atoms with van der Waals surface area (Å²) in [5.41, 5.74) is 5.10. The Balaban J connectivity index is 2.60. The highest BCUT2D eigenvalue weighted by Gasteiger charge is 2.39. The summed E-state index contributed by atoms with van der Waals surface area (Å²) in [6.07, 6.45) is 3.36. The van der Waals surface area contributed by atoms with Crippen LogP contribution in [-0.4, -0.2) is 29.6 Å². The van der Waals surface area contributed by atoms with Crippen LogP contribution in [0.15, 0.2) is 0 Å². The Morgan fingerprint density at radius 2 is 1.94 bits per heavy atom. The maximum absolute atomic E-state index is 11.9. The standard InChI is InChI=1S/C13H24N2O3/c1-12(2,3)10(11(17)18)15-9(16)7-13(8-14)5-4-6-13/h10H,4-8,14H2,1-3H3,(H,15,16)(H,17,18)/t10-/m0/s1. The van der Waals surface area contributed by atoms with E-state index in [2.05, 4.69) is 5.32 Å². The van der Waals surface area contributed by atoms with Crippen LogP contribution < -0.4 is 11.1 Å². The summed E-state index contributed by atoms with van der Waals surface area (Å²) in [7, 11) is 0. The molecule has 104 valence electrons. The highest BCUT2D eigenvalue weighted by Crippen LogP contribution is 2.42. The molecule has 0 aliphatic heterocycles. The largest absolute Gasteiger partial charge is 0.480 e. The van der Waals surface area contributed by atoms with Crippen molar-refractivity contribution in [2.24, 2.45) is 16.6 Å². The lowest BCUT2D eigenvalue weighted by Gasteiger charge is -2.41. The lowest BCUT2D eigenvalue weighted by molar-refractivity contribution is -0.145. The van der Waals surface area contributed by atoms with E-state index in [1.807, 2.05) is 0 Å². The summed E-state index contributed by atoms with van der Waals surface area (Å²) in [5.74, 6) is -1.20. The molecule has 1 saturated carbocycles. The number of rotatable bonds is 5. The number of carbonyl (C=O) groups excluding carboxylic acids is 1. The first-order valence-corrected chi connectivity index (χ1v) is 6.42. The lowest BCUT2D eigenvalue weighted by atomic mass is 9.66. The number of carbonyl (C=O) groups is 2. The van der Waals surface area contributed by atoms with Crippen LogP contribution in [0.4, 0.5) is 0 Å². The Morgan fingerprint density at radius 3 is 2.22 bits per heavy atom. The van der Waals surface area contributed by atoms with Gasteiger partial charge in [-0.3, -0.25) is 4.79 Å². The summed E-state index contributed by atoms with van der Waals surface area (Å²) >= 11 is 0. The van der Waals surface area contributed by atoms with E-state index >= 15 is 0 Å². The number of amides is 1. The van der Waals surface area contributed by atoms with Crippen molar-refractivity contribution in [3.63, 3.8) is 0 Å². The molecule has 0 saturated heterocycles. The number of nitrogens with one attached hydrogen (secondary N) is 1. The van der Waals surface area contributed by atoms with Crippen molar-refractivity contribution in [3.05, 3.63) is 0 Å². The molecular formula is C13H24N2O3. The van der Waals surface area contributed by atoms with Crippen molar-refractivity contribution < 1.29 is 14.7 Å². The van der Waals surface area contributed by atoms with Gasteiger partial charge in [-0.15, -0.1) is 0 Å². The molecule has 1 atom stereocenters. The minimum Gasteiger partial charge on any atom is -0.480 e. The van der Waals surface area contributed by atoms with E-state index in [9.17, 15) is 9.59 Å². The summed E-state index contributed by atoms with van der Waals surface area (Å²) in [4.78, 5) is 23.1. The van der Waals surface area contributed by atoms with Gasteiger partial charge in [0, 0.05) is 6.42 Å². The van der Waals surface area contributed by atoms with Crippen LogP contribution in [0.1, 0.15) is 46.5 Å². The van der Waals surface area contributed by atoms with Crippen LogP contribution in [0.5, 0.6) is 0 Å². The summed E-state index contributed by atoms with van der Waals surface area (Å²) < 4.78 is 0. The van der Waals surface area contributed by atoms with E-state index in [1.54, 1.807) is 20.8 Å². The minimum absolute atomic E-state index is 0.0922. The molecule has 18 heavy (non-hydrogen) atoms. The van der Waals surface area contributed by atoms with Gasteiger partial charge < -0.3 is 16.2 Å². The van der Waals surface area contributed by atoms with Crippen molar-refractivity contribution in [1.82, 2.24) is 5.32 Å². The SMILES string of the molecule is CC(C)(C)[C@@H](NC(=O)CC1(CN)CCC1)C(=O)O. The maximum atomic E-state index is 11.9. The first kappa shape index (κ1) is 15.0. The fraction of sp³-hybridized carbons (Fsp3) is 0.846. The zero-order valence-electron chi connectivity index (χ0n) is 11.5. The Labute approximate surface area is 108 Å². The van der Waals surface area contributed by atoms with E-state index in [4.69, 9.17) is 10.8 Å². The first-order chi connectivity index (χ1) is 8.20. The predicted molar refractivity (Wildman–Crippen MR) is 69.0 cm³/mol. The fourth-order valence-electron chi connectivity index (χ4n) is 2.33. The molecule has 1 aliphatic rings. The number of hydrogen-bond acceptors (Lipinski definition) is 3. The maximum Gasteiger partial charge on any atom is 0.326 e. The van der Waals surface area contributed by atoms with Crippen molar-refractivity contribution in [2.75, 3.05) is 6.54 Å². The molecule has 0 aromatic heterocycles. The molecule has 1 rings (SSSR count). The van der Waals surface area contributed by atoms with Gasteiger partial charge >= 0.3 is 5.97 Å². The van der Waals surface area contributed by atoms with Gasteiger partial charge in [-0.05, 0) is 30.2 Å². The monoisotopic (exact) mass is 256 g/mol. The number of carboxylic acid groups (broad SMARTS) is 1. The zero-order chi connectivity index (χ0) is 14.0. The van der Waals surface area contributed by atoms with Gasteiger partial charge in [-0.2, -0.15) is 0 Å². The van der Waals surface area contributed by atoms with Gasteiger partial charge in [-0.25, -0.2) is 4.79 Å². The van der Waals surface area contributed by atoms with Crippen LogP contribution in [0.25, 0.3) is 0 Å². The van der Waals surface area contributed by atoms with E-state index in [0.717, 1.165) is 19.3 Å². The Hall–Kier alpha value is -1.10. The molecule has 1 amide bonds. The average molecular weight is 256 g/mol. The quantitative estimate of drug-likeness (QED) is 0.687. The molecule has 0 heterocycles. The molecule has 0 unspecified atom stereocenters. The van der Waals surface area contributed by atoms with Crippen molar-refractivity contribution in [2.45, 2.75) is 52.5 Å². The molecular weight excluding hydrogens is 232 g/mol. The second kappa shape index (κ2) is 5.26. The van der Waals surface area contributed by atoms with Gasteiger partial charge in [0.2, 0.25) is 5.91 Å². The number of hydrogen-bond donors (Lipinski definition) is 3. The third-order valence-electron chi connectivity index (χ3n) is 3.80. The molecule has 0 spiro atoms. The lowest BCUT2D eigenvalue weighted by Crippen LogP contribution is -2.51. The molecule has 0 bridgehead atoms. The second-order valence-corrected chi connectivity index (χ2v) is 6.44. The molecule has 1 fully saturated rings. The Kier molecular flexibility index (Phi) is 4.37. The molecule has 1 aliphatic carbocycles. The molecule has 4 N–H and O–H groups in total. The summed E-state index contributed by atoms with van der Waals surface area (Å²) in [5, 5.41) is 11.8. The third-order valence-corrected chi connectivity index (χ3v) is 3.80. The molecule has 0 radical (unpaired) electrons. The molecule has 5 heteroatoms. The number of aliphatic carboxylic acids is 1. The minimum atomic E-state index is -0.994. The molecule has 5 nitrogen and oxygen atoms in total. The van der Waals surface area contributed by atoms with Gasteiger partial charge in [-0.1, -0.05) is 27.2 Å². The first-order valence-electron chi connectivity index (χ1n) is 6.42. The van der Waals surface area contributed by atoms with E-state index in [1.165, 1.54) is 0 Å². The third kappa shape index (κ3) is 3.45. The van der Waals surface area contributed by atoms with Crippen LogP contribution in [-0.2, 0) is 9.59 Å². The van der Waals surface area contributed by atoms with E-state index in [-0.39, 0.29) is 11.3 Å².